The van der Waals surface area contributed by atoms with Crippen LogP contribution >= 0.6 is 35.1 Å². The van der Waals surface area contributed by atoms with Gasteiger partial charge in [-0.15, -0.1) is 23.2 Å². The lowest BCUT2D eigenvalue weighted by Gasteiger charge is -2.13. The Bertz CT molecular complexity index is 279. The predicted molar refractivity (Wildman–Crippen MR) is 90.4 cm³/mol. The van der Waals surface area contributed by atoms with Crippen LogP contribution in [0.5, 0.6) is 0 Å². The molecule has 1 aliphatic rings. The lowest BCUT2D eigenvalue weighted by Crippen LogP contribution is -2.25. The van der Waals surface area contributed by atoms with E-state index in [0.717, 1.165) is 13.0 Å². The van der Waals surface area contributed by atoms with E-state index in [1.54, 1.807) is 4.31 Å². The highest BCUT2D eigenvalue weighted by molar-refractivity contribution is 8.00. The number of carbonyl (C=O) groups excluding carboxylic acids is 1. The Morgan fingerprint density at radius 3 is 1.90 bits per heavy atom. The summed E-state index contributed by atoms with van der Waals surface area (Å²) >= 11 is 13.2. The zero-order chi connectivity index (χ0) is 14.8. The maximum Gasteiger partial charge on any atom is 0.252 e. The number of rotatable bonds is 11. The third-order valence-electron chi connectivity index (χ3n) is 3.65. The molecule has 1 aliphatic heterocycles. The number of alkyl halides is 2. The van der Waals surface area contributed by atoms with Crippen molar-refractivity contribution < 1.29 is 4.79 Å². The van der Waals surface area contributed by atoms with Gasteiger partial charge in [0.25, 0.3) is 5.91 Å². The second-order valence-electron chi connectivity index (χ2n) is 5.48. The molecule has 0 saturated carbocycles. The molecule has 0 radical (unpaired) electrons. The quantitative estimate of drug-likeness (QED) is 0.278. The van der Waals surface area contributed by atoms with E-state index < -0.39 is 5.38 Å². The molecule has 1 rings (SSSR count). The molecule has 0 aromatic heterocycles. The molecule has 0 aromatic rings. The van der Waals surface area contributed by atoms with Gasteiger partial charge in [0, 0.05) is 6.54 Å². The Labute approximate surface area is 138 Å². The minimum atomic E-state index is -0.551. The second-order valence-corrected chi connectivity index (χ2v) is 7.84. The van der Waals surface area contributed by atoms with Crippen LogP contribution in [0, 0.1) is 0 Å². The zero-order valence-corrected chi connectivity index (χ0v) is 14.8. The van der Waals surface area contributed by atoms with E-state index in [4.69, 9.17) is 23.2 Å². The van der Waals surface area contributed by atoms with Crippen LogP contribution in [0.1, 0.15) is 71.1 Å². The molecule has 118 valence electrons. The van der Waals surface area contributed by atoms with Crippen molar-refractivity contribution in [3.8, 4) is 0 Å². The van der Waals surface area contributed by atoms with E-state index in [-0.39, 0.29) is 10.6 Å². The summed E-state index contributed by atoms with van der Waals surface area (Å²) in [5.41, 5.74) is 0. The number of nitrogens with zero attached hydrogens (tertiary/aromatic N) is 1. The first-order valence-electron chi connectivity index (χ1n) is 7.93. The van der Waals surface area contributed by atoms with Crippen LogP contribution in [0.3, 0.4) is 0 Å². The number of carbonyl (C=O) groups is 1. The van der Waals surface area contributed by atoms with Crippen molar-refractivity contribution in [1.29, 1.82) is 0 Å². The molecule has 0 bridgehead atoms. The second kappa shape index (κ2) is 11.0. The molecule has 1 saturated heterocycles. The van der Waals surface area contributed by atoms with Gasteiger partial charge in [0.05, 0.1) is 0 Å². The molecule has 1 fully saturated rings. The van der Waals surface area contributed by atoms with Crippen molar-refractivity contribution >= 4 is 41.1 Å². The Kier molecular flexibility index (Phi) is 10.2. The normalized spacial score (nSPS) is 22.8. The van der Waals surface area contributed by atoms with E-state index in [1.807, 2.05) is 0 Å². The maximum atomic E-state index is 11.7. The van der Waals surface area contributed by atoms with Gasteiger partial charge in [0.15, 0.2) is 0 Å². The van der Waals surface area contributed by atoms with Crippen molar-refractivity contribution in [2.24, 2.45) is 0 Å². The van der Waals surface area contributed by atoms with Crippen molar-refractivity contribution in [3.05, 3.63) is 0 Å². The van der Waals surface area contributed by atoms with Crippen LogP contribution in [0.15, 0.2) is 0 Å². The van der Waals surface area contributed by atoms with E-state index >= 15 is 0 Å². The van der Waals surface area contributed by atoms with Crippen LogP contribution in [-0.4, -0.2) is 26.8 Å². The summed E-state index contributed by atoms with van der Waals surface area (Å²) in [5.74, 6) is -0.0207. The molecule has 0 N–H and O–H groups in total. The molecule has 0 aliphatic carbocycles. The van der Waals surface area contributed by atoms with E-state index in [9.17, 15) is 4.79 Å². The van der Waals surface area contributed by atoms with E-state index in [0.29, 0.717) is 0 Å². The fourth-order valence-electron chi connectivity index (χ4n) is 2.38. The minimum absolute atomic E-state index is 0.0207. The highest BCUT2D eigenvalue weighted by Crippen LogP contribution is 2.35. The summed E-state index contributed by atoms with van der Waals surface area (Å²) < 4.78 is 1.44. The highest BCUT2D eigenvalue weighted by atomic mass is 35.5. The summed E-state index contributed by atoms with van der Waals surface area (Å²) in [6, 6.07) is 0. The van der Waals surface area contributed by atoms with Crippen molar-refractivity contribution in [2.45, 2.75) is 81.2 Å². The van der Waals surface area contributed by atoms with Crippen molar-refractivity contribution in [1.82, 2.24) is 4.31 Å². The van der Waals surface area contributed by atoms with Gasteiger partial charge in [-0.2, -0.15) is 0 Å². The lowest BCUT2D eigenvalue weighted by molar-refractivity contribution is -0.124. The van der Waals surface area contributed by atoms with Gasteiger partial charge in [-0.3, -0.25) is 9.10 Å². The average molecular weight is 340 g/mol. The first kappa shape index (κ1) is 18.4. The lowest BCUT2D eigenvalue weighted by atomic mass is 10.1. The predicted octanol–water partition coefficient (Wildman–Crippen LogP) is 5.57. The fourth-order valence-corrected chi connectivity index (χ4v) is 4.01. The number of unbranched alkanes of at least 4 members (excludes halogenated alkanes) is 9. The Hall–Kier alpha value is 0.400. The Morgan fingerprint density at radius 2 is 1.45 bits per heavy atom. The number of halogens is 2. The molecular formula is C15H27Cl2NOS. The average Bonchev–Trinajstić information content (AvgIpc) is 2.68. The molecule has 2 unspecified atom stereocenters. The van der Waals surface area contributed by atoms with Crippen LogP contribution in [0.4, 0.5) is 0 Å². The van der Waals surface area contributed by atoms with Gasteiger partial charge < -0.3 is 0 Å². The summed E-state index contributed by atoms with van der Waals surface area (Å²) in [6.45, 7) is 3.04. The first-order valence-corrected chi connectivity index (χ1v) is 9.64. The monoisotopic (exact) mass is 339 g/mol. The summed E-state index contributed by atoms with van der Waals surface area (Å²) in [5, 5.41) is -0.551. The van der Waals surface area contributed by atoms with Gasteiger partial charge in [0.2, 0.25) is 0 Å². The number of hydrogen-bond donors (Lipinski definition) is 0. The third kappa shape index (κ3) is 6.91. The van der Waals surface area contributed by atoms with Gasteiger partial charge in [-0.25, -0.2) is 0 Å². The maximum absolute atomic E-state index is 11.7. The minimum Gasteiger partial charge on any atom is -0.284 e. The molecule has 1 heterocycles. The van der Waals surface area contributed by atoms with Gasteiger partial charge in [0.1, 0.15) is 10.1 Å². The van der Waals surface area contributed by atoms with Crippen LogP contribution in [0.25, 0.3) is 0 Å². The Morgan fingerprint density at radius 1 is 0.950 bits per heavy atom. The molecular weight excluding hydrogens is 313 g/mol. The first-order chi connectivity index (χ1) is 9.66. The van der Waals surface area contributed by atoms with E-state index in [2.05, 4.69) is 6.92 Å². The molecule has 2 nitrogen and oxygen atoms in total. The summed E-state index contributed by atoms with van der Waals surface area (Å²) in [6.07, 6.45) is 13.1. The summed E-state index contributed by atoms with van der Waals surface area (Å²) in [4.78, 5) is 11.7. The van der Waals surface area contributed by atoms with E-state index in [1.165, 1.54) is 69.7 Å². The number of hydrogen-bond acceptors (Lipinski definition) is 2. The van der Waals surface area contributed by atoms with Crippen LogP contribution in [-0.2, 0) is 4.79 Å². The fraction of sp³-hybridized carbons (Fsp3) is 0.933. The van der Waals surface area contributed by atoms with Crippen molar-refractivity contribution in [3.63, 3.8) is 0 Å². The standard InChI is InChI=1S/C15H27Cl2NOS/c1-2-3-4-5-6-7-8-9-10-11-12-18-15(19)13(16)14(17)20-18/h13-14H,2-12H2,1H3. The highest BCUT2D eigenvalue weighted by Gasteiger charge is 2.38. The molecule has 1 amide bonds. The van der Waals surface area contributed by atoms with Gasteiger partial charge in [-0.05, 0) is 18.4 Å². The van der Waals surface area contributed by atoms with Crippen molar-refractivity contribution in [2.75, 3.05) is 6.54 Å². The topological polar surface area (TPSA) is 20.3 Å². The molecule has 0 spiro atoms. The largest absolute Gasteiger partial charge is 0.284 e. The molecule has 2 atom stereocenters. The SMILES string of the molecule is CCCCCCCCCCCCN1SC(Cl)C(Cl)C1=O. The van der Waals surface area contributed by atoms with Crippen LogP contribution < -0.4 is 0 Å². The van der Waals surface area contributed by atoms with Gasteiger partial charge >= 0.3 is 0 Å². The van der Waals surface area contributed by atoms with Crippen LogP contribution in [0.2, 0.25) is 0 Å². The molecule has 5 heteroatoms. The Balaban J connectivity index is 1.89. The molecule has 20 heavy (non-hydrogen) atoms. The zero-order valence-electron chi connectivity index (χ0n) is 12.5. The summed E-state index contributed by atoms with van der Waals surface area (Å²) in [7, 11) is 0. The van der Waals surface area contributed by atoms with Gasteiger partial charge in [-0.1, -0.05) is 64.7 Å². The third-order valence-corrected chi connectivity index (χ3v) is 5.95. The number of amides is 1. The molecule has 0 aromatic carbocycles. The smallest absolute Gasteiger partial charge is 0.252 e.